The van der Waals surface area contributed by atoms with Gasteiger partial charge in [0.1, 0.15) is 0 Å². The number of amides is 2. The smallest absolute Gasteiger partial charge is 0.321 e. The normalized spacial score (nSPS) is 19.6. The molecule has 0 spiro atoms. The van der Waals surface area contributed by atoms with E-state index in [1.807, 2.05) is 30.0 Å². The molecule has 4 rings (SSSR count). The van der Waals surface area contributed by atoms with Gasteiger partial charge in [0.25, 0.3) is 0 Å². The quantitative estimate of drug-likeness (QED) is 0.806. The van der Waals surface area contributed by atoms with Gasteiger partial charge in [0.15, 0.2) is 5.82 Å². The minimum atomic E-state index is -0.150. The maximum atomic E-state index is 13.0. The number of hydrogen-bond acceptors (Lipinski definition) is 6. The Morgan fingerprint density at radius 2 is 1.77 bits per heavy atom. The summed E-state index contributed by atoms with van der Waals surface area (Å²) in [6.45, 7) is 13.8. The van der Waals surface area contributed by atoms with Crippen LogP contribution in [0.25, 0.3) is 0 Å². The number of nitrogens with zero attached hydrogens (tertiary/aromatic N) is 5. The fourth-order valence-electron chi connectivity index (χ4n) is 4.50. The highest BCUT2D eigenvalue weighted by Crippen LogP contribution is 2.34. The Labute approximate surface area is 184 Å². The molecule has 0 radical (unpaired) electrons. The number of aromatic nitrogens is 2. The largest absolute Gasteiger partial charge is 0.367 e. The van der Waals surface area contributed by atoms with Gasteiger partial charge in [-0.2, -0.15) is 4.98 Å². The number of aryl methyl sites for hydroxylation is 1. The van der Waals surface area contributed by atoms with E-state index in [0.717, 1.165) is 56.2 Å². The number of nitrogens with one attached hydrogen (secondary N) is 1. The van der Waals surface area contributed by atoms with Crippen LogP contribution in [0, 0.1) is 6.92 Å². The van der Waals surface area contributed by atoms with Crippen LogP contribution in [0.1, 0.15) is 45.3 Å². The second-order valence-corrected chi connectivity index (χ2v) is 9.25. The number of piperazine rings is 1. The molecule has 0 aliphatic carbocycles. The number of hydrogen-bond donors (Lipinski definition) is 1. The summed E-state index contributed by atoms with van der Waals surface area (Å²) < 4.78 is 5.16. The summed E-state index contributed by atoms with van der Waals surface area (Å²) in [7, 11) is 0. The van der Waals surface area contributed by atoms with Gasteiger partial charge in [-0.05, 0) is 38.8 Å². The first-order valence-electron chi connectivity index (χ1n) is 11.3. The number of anilines is 2. The molecule has 2 fully saturated rings. The van der Waals surface area contributed by atoms with E-state index in [9.17, 15) is 4.79 Å². The third-order valence-corrected chi connectivity index (χ3v) is 6.75. The molecule has 8 nitrogen and oxygen atoms in total. The highest BCUT2D eigenvalue weighted by Gasteiger charge is 2.37. The fraction of sp³-hybridized carbons (Fsp3) is 0.609. The van der Waals surface area contributed by atoms with Gasteiger partial charge in [-0.1, -0.05) is 24.2 Å². The van der Waals surface area contributed by atoms with Crippen LogP contribution in [0.15, 0.2) is 28.8 Å². The summed E-state index contributed by atoms with van der Waals surface area (Å²) >= 11 is 0. The van der Waals surface area contributed by atoms with Crippen LogP contribution < -0.4 is 10.2 Å². The summed E-state index contributed by atoms with van der Waals surface area (Å²) in [5.74, 6) is 1.33. The Bertz CT molecular complexity index is 895. The highest BCUT2D eigenvalue weighted by atomic mass is 16.5. The first-order chi connectivity index (χ1) is 14.9. The molecule has 2 aliphatic rings. The van der Waals surface area contributed by atoms with E-state index >= 15 is 0 Å². The lowest BCUT2D eigenvalue weighted by atomic mass is 9.80. The van der Waals surface area contributed by atoms with E-state index in [1.165, 1.54) is 0 Å². The monoisotopic (exact) mass is 426 g/mol. The van der Waals surface area contributed by atoms with Gasteiger partial charge in [-0.25, -0.2) is 4.79 Å². The zero-order valence-corrected chi connectivity index (χ0v) is 19.1. The second kappa shape index (κ2) is 8.86. The third-order valence-electron chi connectivity index (χ3n) is 6.75. The topological polar surface area (TPSA) is 77.7 Å². The summed E-state index contributed by atoms with van der Waals surface area (Å²) in [4.78, 5) is 24.2. The third kappa shape index (κ3) is 4.69. The Kier molecular flexibility index (Phi) is 6.18. The average molecular weight is 427 g/mol. The van der Waals surface area contributed by atoms with Gasteiger partial charge in [0.2, 0.25) is 5.89 Å². The Morgan fingerprint density at radius 1 is 1.10 bits per heavy atom. The fourth-order valence-corrected chi connectivity index (χ4v) is 4.50. The lowest BCUT2D eigenvalue weighted by molar-refractivity contribution is 0.169. The minimum absolute atomic E-state index is 0.0420. The standard InChI is InChI=1S/C23H34N6O2/c1-17(2)27-13-15-28(16-14-27)20-8-6-5-7-19(20)25-22(30)29-11-9-23(4,10-12-29)21-24-18(3)31-26-21/h5-8,17H,9-16H2,1-4H3,(H,25,30). The van der Waals surface area contributed by atoms with E-state index in [0.29, 0.717) is 25.0 Å². The van der Waals surface area contributed by atoms with Crippen LogP contribution in [0.5, 0.6) is 0 Å². The van der Waals surface area contributed by atoms with Gasteiger partial charge >= 0.3 is 6.03 Å². The van der Waals surface area contributed by atoms with Gasteiger partial charge in [-0.15, -0.1) is 0 Å². The molecule has 0 saturated carbocycles. The van der Waals surface area contributed by atoms with E-state index in [-0.39, 0.29) is 11.4 Å². The van der Waals surface area contributed by atoms with E-state index in [2.05, 4.69) is 52.1 Å². The maximum Gasteiger partial charge on any atom is 0.321 e. The number of benzene rings is 1. The second-order valence-electron chi connectivity index (χ2n) is 9.25. The van der Waals surface area contributed by atoms with Crippen molar-refractivity contribution in [1.29, 1.82) is 0 Å². The van der Waals surface area contributed by atoms with Crippen LogP contribution in [0.2, 0.25) is 0 Å². The molecule has 3 heterocycles. The van der Waals surface area contributed by atoms with Gasteiger partial charge in [0.05, 0.1) is 11.4 Å². The predicted octanol–water partition coefficient (Wildman–Crippen LogP) is 3.49. The molecule has 168 valence electrons. The van der Waals surface area contributed by atoms with Crippen molar-refractivity contribution in [1.82, 2.24) is 19.9 Å². The van der Waals surface area contributed by atoms with E-state index in [4.69, 9.17) is 4.52 Å². The molecule has 1 aromatic heterocycles. The van der Waals surface area contributed by atoms with Crippen LogP contribution in [0.4, 0.5) is 16.2 Å². The van der Waals surface area contributed by atoms with Crippen molar-refractivity contribution in [3.8, 4) is 0 Å². The van der Waals surface area contributed by atoms with Crippen LogP contribution in [-0.4, -0.2) is 71.3 Å². The highest BCUT2D eigenvalue weighted by molar-refractivity contribution is 5.93. The first kappa shape index (κ1) is 21.6. The summed E-state index contributed by atoms with van der Waals surface area (Å²) in [5, 5.41) is 7.28. The number of carbonyl (C=O) groups is 1. The van der Waals surface area contributed by atoms with Crippen molar-refractivity contribution < 1.29 is 9.32 Å². The van der Waals surface area contributed by atoms with Crippen LogP contribution in [0.3, 0.4) is 0 Å². The van der Waals surface area contributed by atoms with E-state index in [1.54, 1.807) is 0 Å². The van der Waals surface area contributed by atoms with E-state index < -0.39 is 0 Å². The lowest BCUT2D eigenvalue weighted by Crippen LogP contribution is -2.49. The average Bonchev–Trinajstić information content (AvgIpc) is 3.22. The summed E-state index contributed by atoms with van der Waals surface area (Å²) in [6.07, 6.45) is 1.64. The Morgan fingerprint density at radius 3 is 2.39 bits per heavy atom. The molecule has 2 saturated heterocycles. The molecule has 2 aromatic rings. The zero-order chi connectivity index (χ0) is 22.0. The number of urea groups is 1. The molecule has 1 aromatic carbocycles. The van der Waals surface area contributed by atoms with Crippen LogP contribution in [-0.2, 0) is 5.41 Å². The SMILES string of the molecule is Cc1nc(C2(C)CCN(C(=O)Nc3ccccc3N3CCN(C(C)C)CC3)CC2)no1. The molecule has 0 unspecified atom stereocenters. The van der Waals surface area contributed by atoms with Crippen LogP contribution >= 0.6 is 0 Å². The Hall–Kier alpha value is -2.61. The predicted molar refractivity (Wildman–Crippen MR) is 122 cm³/mol. The van der Waals surface area contributed by atoms with Crippen molar-refractivity contribution in [2.24, 2.45) is 0 Å². The number of likely N-dealkylation sites (tertiary alicyclic amines) is 1. The minimum Gasteiger partial charge on any atom is -0.367 e. The molecule has 2 aliphatic heterocycles. The number of piperidine rings is 1. The molecule has 31 heavy (non-hydrogen) atoms. The van der Waals surface area contributed by atoms with Crippen molar-refractivity contribution in [3.63, 3.8) is 0 Å². The summed E-state index contributed by atoms with van der Waals surface area (Å²) in [5.41, 5.74) is 1.83. The van der Waals surface area contributed by atoms with Gasteiger partial charge in [-0.3, -0.25) is 4.90 Å². The lowest BCUT2D eigenvalue weighted by Gasteiger charge is -2.39. The molecular formula is C23H34N6O2. The van der Waals surface area contributed by atoms with Gasteiger partial charge < -0.3 is 19.6 Å². The summed E-state index contributed by atoms with van der Waals surface area (Å²) in [6, 6.07) is 8.65. The van der Waals surface area contributed by atoms with Crippen molar-refractivity contribution >= 4 is 17.4 Å². The van der Waals surface area contributed by atoms with Crippen molar-refractivity contribution in [2.75, 3.05) is 49.5 Å². The Balaban J connectivity index is 1.38. The number of carbonyl (C=O) groups excluding carboxylic acids is 1. The zero-order valence-electron chi connectivity index (χ0n) is 19.1. The molecule has 2 amide bonds. The number of para-hydroxylation sites is 2. The van der Waals surface area contributed by atoms with Crippen molar-refractivity contribution in [2.45, 2.75) is 52.0 Å². The van der Waals surface area contributed by atoms with Crippen molar-refractivity contribution in [3.05, 3.63) is 36.0 Å². The molecule has 0 atom stereocenters. The molecule has 1 N–H and O–H groups in total. The molecule has 8 heteroatoms. The molecular weight excluding hydrogens is 392 g/mol. The molecule has 0 bridgehead atoms. The maximum absolute atomic E-state index is 13.0. The van der Waals surface area contributed by atoms with Gasteiger partial charge in [0, 0.05) is 57.6 Å². The first-order valence-corrected chi connectivity index (χ1v) is 11.3. The number of rotatable bonds is 4.